The van der Waals surface area contributed by atoms with Gasteiger partial charge in [-0.2, -0.15) is 0 Å². The molecule has 0 fully saturated rings. The molecule has 0 saturated carbocycles. The van der Waals surface area contributed by atoms with Gasteiger partial charge >= 0.3 is 0 Å². The second-order valence-corrected chi connectivity index (χ2v) is 6.94. The van der Waals surface area contributed by atoms with Gasteiger partial charge < -0.3 is 10.3 Å². The highest BCUT2D eigenvalue weighted by molar-refractivity contribution is 7.07. The number of carbonyl (C=O) groups is 1. The van der Waals surface area contributed by atoms with Crippen LogP contribution in [0.5, 0.6) is 0 Å². The van der Waals surface area contributed by atoms with E-state index < -0.39 is 0 Å². The fourth-order valence-electron chi connectivity index (χ4n) is 2.19. The van der Waals surface area contributed by atoms with Crippen LogP contribution in [0.25, 0.3) is 12.2 Å². The summed E-state index contributed by atoms with van der Waals surface area (Å²) in [6, 6.07) is 14.8. The van der Waals surface area contributed by atoms with Crippen molar-refractivity contribution in [2.24, 2.45) is 0 Å². The lowest BCUT2D eigenvalue weighted by atomic mass is 10.2. The van der Waals surface area contributed by atoms with Gasteiger partial charge in [0.25, 0.3) is 11.5 Å². The minimum atomic E-state index is -0.300. The van der Waals surface area contributed by atoms with Crippen molar-refractivity contribution in [2.45, 2.75) is 6.92 Å². The average molecular weight is 371 g/mol. The highest BCUT2D eigenvalue weighted by atomic mass is 35.5. The van der Waals surface area contributed by atoms with Crippen molar-refractivity contribution >= 4 is 46.7 Å². The molecule has 0 spiro atoms. The van der Waals surface area contributed by atoms with Crippen LogP contribution in [0.3, 0.4) is 0 Å². The van der Waals surface area contributed by atoms with Gasteiger partial charge in [0, 0.05) is 16.8 Å². The predicted octanol–water partition coefficient (Wildman–Crippen LogP) is 2.65. The lowest BCUT2D eigenvalue weighted by molar-refractivity contribution is -0.110. The van der Waals surface area contributed by atoms with Crippen molar-refractivity contribution in [3.63, 3.8) is 0 Å². The third kappa shape index (κ3) is 4.47. The van der Waals surface area contributed by atoms with Crippen LogP contribution in [0, 0.1) is 6.92 Å². The van der Waals surface area contributed by atoms with Gasteiger partial charge in [-0.1, -0.05) is 47.5 Å². The van der Waals surface area contributed by atoms with Crippen molar-refractivity contribution < 1.29 is 4.79 Å². The largest absolute Gasteiger partial charge is 0.322 e. The molecule has 0 aliphatic carbocycles. The molecule has 2 aromatic carbocycles. The van der Waals surface area contributed by atoms with Gasteiger partial charge in [-0.05, 0) is 36.8 Å². The van der Waals surface area contributed by atoms with Gasteiger partial charge in [0.1, 0.15) is 4.66 Å². The Bertz CT molecular complexity index is 1080. The number of amides is 1. The molecule has 0 unspecified atom stereocenters. The first-order valence-corrected chi connectivity index (χ1v) is 8.75. The van der Waals surface area contributed by atoms with Crippen LogP contribution in [0.4, 0.5) is 5.69 Å². The number of hydrogen-bond acceptors (Lipinski definition) is 3. The monoisotopic (exact) mass is 370 g/mol. The van der Waals surface area contributed by atoms with E-state index in [1.165, 1.54) is 17.4 Å². The fraction of sp³-hybridized carbons (Fsp3) is 0.0526. The molecule has 0 radical (unpaired) electrons. The lowest BCUT2D eigenvalue weighted by Gasteiger charge is -2.01. The Morgan fingerprint density at radius 1 is 1.16 bits per heavy atom. The van der Waals surface area contributed by atoms with E-state index in [9.17, 15) is 9.59 Å². The highest BCUT2D eigenvalue weighted by Gasteiger charge is 2.01. The SMILES string of the molecule is Cc1ccc(NC(=O)/C=c2\[nH]c(=O)/c(=C\c3ccccc3Cl)s2)cc1. The van der Waals surface area contributed by atoms with Crippen LogP contribution < -0.4 is 20.1 Å². The van der Waals surface area contributed by atoms with E-state index in [1.54, 1.807) is 12.1 Å². The van der Waals surface area contributed by atoms with Crippen molar-refractivity contribution in [1.29, 1.82) is 0 Å². The molecule has 2 N–H and O–H groups in total. The predicted molar refractivity (Wildman–Crippen MR) is 103 cm³/mol. The van der Waals surface area contributed by atoms with Crippen LogP contribution >= 0.6 is 22.9 Å². The molecule has 1 aromatic heterocycles. The van der Waals surface area contributed by atoms with E-state index in [2.05, 4.69) is 10.3 Å². The molecule has 1 heterocycles. The molecule has 0 aliphatic heterocycles. The average Bonchev–Trinajstić information content (AvgIpc) is 2.91. The Labute approximate surface area is 153 Å². The number of nitrogens with one attached hydrogen (secondary N) is 2. The van der Waals surface area contributed by atoms with Crippen molar-refractivity contribution in [1.82, 2.24) is 4.98 Å². The van der Waals surface area contributed by atoms with E-state index in [1.807, 2.05) is 49.4 Å². The first kappa shape index (κ1) is 17.2. The Morgan fingerprint density at radius 2 is 1.88 bits per heavy atom. The molecule has 4 nitrogen and oxygen atoms in total. The number of anilines is 1. The van der Waals surface area contributed by atoms with E-state index in [0.717, 1.165) is 11.1 Å². The topological polar surface area (TPSA) is 62.0 Å². The van der Waals surface area contributed by atoms with E-state index in [-0.39, 0.29) is 11.5 Å². The first-order chi connectivity index (χ1) is 12.0. The van der Waals surface area contributed by atoms with Crippen LogP contribution in [0.2, 0.25) is 5.02 Å². The molecule has 25 heavy (non-hydrogen) atoms. The molecule has 3 aromatic rings. The molecule has 0 aliphatic rings. The quantitative estimate of drug-likeness (QED) is 0.744. The zero-order valence-corrected chi connectivity index (χ0v) is 14.9. The van der Waals surface area contributed by atoms with Crippen LogP contribution in [0.1, 0.15) is 11.1 Å². The van der Waals surface area contributed by atoms with Gasteiger partial charge in [0.15, 0.2) is 0 Å². The number of benzene rings is 2. The standard InChI is InChI=1S/C19H15ClN2O2S/c1-12-6-8-14(9-7-12)21-17(23)11-18-22-19(24)16(25-18)10-13-4-2-3-5-15(13)20/h2-11H,1H3,(H,21,23)(H,22,24)/b16-10+,18-11+. The van der Waals surface area contributed by atoms with Crippen molar-refractivity contribution in [2.75, 3.05) is 5.32 Å². The summed E-state index contributed by atoms with van der Waals surface area (Å²) in [5.41, 5.74) is 2.32. The van der Waals surface area contributed by atoms with Crippen LogP contribution in [-0.4, -0.2) is 10.9 Å². The lowest BCUT2D eigenvalue weighted by Crippen LogP contribution is -2.20. The Hall–Kier alpha value is -2.63. The molecule has 3 rings (SSSR count). The van der Waals surface area contributed by atoms with Crippen molar-refractivity contribution in [3.8, 4) is 0 Å². The Kier molecular flexibility index (Phi) is 5.16. The van der Waals surface area contributed by atoms with Gasteiger partial charge in [0.05, 0.1) is 4.53 Å². The first-order valence-electron chi connectivity index (χ1n) is 7.56. The van der Waals surface area contributed by atoms with E-state index >= 15 is 0 Å². The molecular formula is C19H15ClN2O2S. The summed E-state index contributed by atoms with van der Waals surface area (Å²) in [5.74, 6) is -0.300. The Balaban J connectivity index is 1.88. The normalized spacial score (nSPS) is 12.4. The smallest absolute Gasteiger partial charge is 0.266 e. The maximum atomic E-state index is 12.1. The number of halogens is 1. The summed E-state index contributed by atoms with van der Waals surface area (Å²) in [7, 11) is 0. The summed E-state index contributed by atoms with van der Waals surface area (Å²) < 4.78 is 0.968. The number of aromatic amines is 1. The number of aryl methyl sites for hydroxylation is 1. The number of H-pyrrole nitrogens is 1. The summed E-state index contributed by atoms with van der Waals surface area (Å²) in [5, 5.41) is 3.33. The highest BCUT2D eigenvalue weighted by Crippen LogP contribution is 2.14. The second-order valence-electron chi connectivity index (χ2n) is 5.45. The summed E-state index contributed by atoms with van der Waals surface area (Å²) in [4.78, 5) is 26.8. The number of aromatic nitrogens is 1. The summed E-state index contributed by atoms with van der Waals surface area (Å²) in [6.45, 7) is 1.98. The fourth-order valence-corrected chi connectivity index (χ4v) is 3.26. The maximum absolute atomic E-state index is 12.1. The zero-order valence-electron chi connectivity index (χ0n) is 13.4. The van der Waals surface area contributed by atoms with E-state index in [4.69, 9.17) is 11.6 Å². The Morgan fingerprint density at radius 3 is 2.60 bits per heavy atom. The molecular weight excluding hydrogens is 356 g/mol. The number of thiazole rings is 1. The van der Waals surface area contributed by atoms with Crippen LogP contribution in [0.15, 0.2) is 53.3 Å². The minimum absolute atomic E-state index is 0.251. The van der Waals surface area contributed by atoms with Crippen molar-refractivity contribution in [3.05, 3.63) is 84.2 Å². The molecule has 6 heteroatoms. The van der Waals surface area contributed by atoms with Crippen LogP contribution in [-0.2, 0) is 4.79 Å². The minimum Gasteiger partial charge on any atom is -0.322 e. The zero-order chi connectivity index (χ0) is 17.8. The molecule has 0 bridgehead atoms. The van der Waals surface area contributed by atoms with Gasteiger partial charge in [-0.3, -0.25) is 9.59 Å². The molecule has 1 amide bonds. The second kappa shape index (κ2) is 7.51. The number of rotatable bonds is 3. The third-order valence-electron chi connectivity index (χ3n) is 3.45. The van der Waals surface area contributed by atoms with Gasteiger partial charge in [-0.15, -0.1) is 11.3 Å². The van der Waals surface area contributed by atoms with E-state index in [0.29, 0.717) is 19.9 Å². The van der Waals surface area contributed by atoms with Gasteiger partial charge in [0.2, 0.25) is 0 Å². The third-order valence-corrected chi connectivity index (χ3v) is 4.76. The summed E-state index contributed by atoms with van der Waals surface area (Å²) in [6.07, 6.45) is 3.08. The molecule has 126 valence electrons. The maximum Gasteiger partial charge on any atom is 0.266 e. The van der Waals surface area contributed by atoms with Gasteiger partial charge in [-0.25, -0.2) is 0 Å². The molecule has 0 atom stereocenters. The molecule has 0 saturated heterocycles. The number of hydrogen-bond donors (Lipinski definition) is 2. The summed E-state index contributed by atoms with van der Waals surface area (Å²) >= 11 is 7.31. The number of carbonyl (C=O) groups excluding carboxylic acids is 1.